The molecule has 1 aromatic heterocycles. The van der Waals surface area contributed by atoms with E-state index in [0.29, 0.717) is 31.0 Å². The highest BCUT2D eigenvalue weighted by atomic mass is 79.9. The van der Waals surface area contributed by atoms with Gasteiger partial charge in [0, 0.05) is 47.3 Å². The van der Waals surface area contributed by atoms with Gasteiger partial charge in [0.1, 0.15) is 5.82 Å². The van der Waals surface area contributed by atoms with E-state index < -0.39 is 0 Å². The molecule has 2 bridgehead atoms. The molecule has 0 aliphatic carbocycles. The predicted molar refractivity (Wildman–Crippen MR) is 122 cm³/mol. The second-order valence-corrected chi connectivity index (χ2v) is 8.98. The second-order valence-electron chi connectivity index (χ2n) is 8.12. The van der Waals surface area contributed by atoms with Crippen LogP contribution < -0.4 is 10.6 Å². The molecule has 2 N–H and O–H groups in total. The molecule has 158 valence electrons. The third-order valence-electron chi connectivity index (χ3n) is 6.17. The van der Waals surface area contributed by atoms with Crippen molar-refractivity contribution in [2.24, 2.45) is 5.92 Å². The fourth-order valence-electron chi connectivity index (χ4n) is 4.71. The van der Waals surface area contributed by atoms with E-state index in [0.717, 1.165) is 46.8 Å². The zero-order chi connectivity index (χ0) is 21.1. The van der Waals surface area contributed by atoms with Gasteiger partial charge in [-0.15, -0.1) is 6.58 Å². The molecule has 0 spiro atoms. The first-order chi connectivity index (χ1) is 14.5. The van der Waals surface area contributed by atoms with E-state index in [-0.39, 0.29) is 6.03 Å². The zero-order valence-electron chi connectivity index (χ0n) is 17.3. The van der Waals surface area contributed by atoms with Crippen molar-refractivity contribution in [1.29, 1.82) is 0 Å². The monoisotopic (exact) mass is 469 g/mol. The lowest BCUT2D eigenvalue weighted by molar-refractivity contribution is 0.0305. The van der Waals surface area contributed by atoms with E-state index in [9.17, 15) is 4.79 Å². The summed E-state index contributed by atoms with van der Waals surface area (Å²) in [5, 5.41) is 5.78. The van der Waals surface area contributed by atoms with Crippen molar-refractivity contribution in [2.75, 3.05) is 26.2 Å². The van der Waals surface area contributed by atoms with Crippen LogP contribution in [0, 0.1) is 12.8 Å². The highest BCUT2D eigenvalue weighted by Gasteiger charge is 2.41. The maximum absolute atomic E-state index is 11.9. The summed E-state index contributed by atoms with van der Waals surface area (Å²) in [4.78, 5) is 23.9. The highest BCUT2D eigenvalue weighted by Crippen LogP contribution is 2.42. The van der Waals surface area contributed by atoms with Gasteiger partial charge >= 0.3 is 6.03 Å². The van der Waals surface area contributed by atoms with Gasteiger partial charge in [-0.25, -0.2) is 14.8 Å². The Morgan fingerprint density at radius 2 is 2.17 bits per heavy atom. The first-order valence-electron chi connectivity index (χ1n) is 10.5. The largest absolute Gasteiger partial charge is 0.337 e. The number of carbonyl (C=O) groups is 1. The lowest BCUT2D eigenvalue weighted by Gasteiger charge is -2.49. The molecule has 3 saturated heterocycles. The molecule has 6 nitrogen and oxygen atoms in total. The number of aryl methyl sites for hydroxylation is 1. The molecule has 7 heteroatoms. The maximum atomic E-state index is 11.9. The highest BCUT2D eigenvalue weighted by molar-refractivity contribution is 9.10. The molecule has 30 heavy (non-hydrogen) atoms. The lowest BCUT2D eigenvalue weighted by Crippen LogP contribution is -2.56. The number of piperidine rings is 3. The van der Waals surface area contributed by atoms with Crippen LogP contribution in [0.1, 0.15) is 30.3 Å². The summed E-state index contributed by atoms with van der Waals surface area (Å²) in [5.74, 6) is 1.80. The molecule has 1 aromatic carbocycles. The minimum Gasteiger partial charge on any atom is -0.337 e. The second kappa shape index (κ2) is 9.27. The van der Waals surface area contributed by atoms with Crippen LogP contribution in [0.2, 0.25) is 0 Å². The van der Waals surface area contributed by atoms with Crippen LogP contribution in [0.5, 0.6) is 0 Å². The normalized spacial score (nSPS) is 25.0. The van der Waals surface area contributed by atoms with Gasteiger partial charge in [-0.05, 0) is 44.4 Å². The van der Waals surface area contributed by atoms with Crippen molar-refractivity contribution in [3.05, 3.63) is 59.0 Å². The number of nitrogens with one attached hydrogen (secondary N) is 2. The van der Waals surface area contributed by atoms with Gasteiger partial charge in [-0.3, -0.25) is 4.90 Å². The van der Waals surface area contributed by atoms with Gasteiger partial charge in [0.2, 0.25) is 0 Å². The number of nitrogens with zero attached hydrogens (tertiary/aromatic N) is 3. The number of benzene rings is 1. The average Bonchev–Trinajstić information content (AvgIpc) is 2.76. The maximum Gasteiger partial charge on any atom is 0.315 e. The average molecular weight is 470 g/mol. The van der Waals surface area contributed by atoms with Crippen molar-refractivity contribution in [3.63, 3.8) is 0 Å². The summed E-state index contributed by atoms with van der Waals surface area (Å²) in [6.45, 7) is 8.83. The van der Waals surface area contributed by atoms with Crippen molar-refractivity contribution in [2.45, 2.75) is 31.7 Å². The van der Waals surface area contributed by atoms with Crippen molar-refractivity contribution in [3.8, 4) is 11.3 Å². The SMILES string of the molecule is C=CCNC(=O)NCC1CC2CCN1CC2c1cc(-c2ccccc2Br)nc(C)n1. The Bertz CT molecular complexity index is 934. The molecule has 3 aliphatic heterocycles. The third kappa shape index (κ3) is 4.57. The van der Waals surface area contributed by atoms with Crippen LogP contribution in [0.15, 0.2) is 47.5 Å². The van der Waals surface area contributed by atoms with E-state index in [4.69, 9.17) is 9.97 Å². The molecule has 3 fully saturated rings. The molecule has 3 aliphatic rings. The molecule has 0 radical (unpaired) electrons. The van der Waals surface area contributed by atoms with Crippen molar-refractivity contribution < 1.29 is 4.79 Å². The summed E-state index contributed by atoms with van der Waals surface area (Å²) in [5.41, 5.74) is 3.20. The van der Waals surface area contributed by atoms with Gasteiger partial charge in [0.25, 0.3) is 0 Å². The van der Waals surface area contributed by atoms with Gasteiger partial charge in [0.15, 0.2) is 0 Å². The van der Waals surface area contributed by atoms with Crippen molar-refractivity contribution >= 4 is 22.0 Å². The van der Waals surface area contributed by atoms with Crippen LogP contribution in [-0.2, 0) is 0 Å². The van der Waals surface area contributed by atoms with Crippen LogP contribution in [0.25, 0.3) is 11.3 Å². The molecular weight excluding hydrogens is 442 g/mol. The number of urea groups is 1. The molecule has 4 unspecified atom stereocenters. The van der Waals surface area contributed by atoms with Gasteiger partial charge in [-0.1, -0.05) is 40.2 Å². The molecule has 5 rings (SSSR count). The fourth-order valence-corrected chi connectivity index (χ4v) is 5.20. The van der Waals surface area contributed by atoms with E-state index in [1.165, 1.54) is 6.42 Å². The number of halogens is 1. The predicted octanol–water partition coefficient (Wildman–Crippen LogP) is 3.88. The number of aromatic nitrogens is 2. The van der Waals surface area contributed by atoms with Gasteiger partial charge < -0.3 is 10.6 Å². The number of hydrogen-bond donors (Lipinski definition) is 2. The van der Waals surface area contributed by atoms with Crippen molar-refractivity contribution in [1.82, 2.24) is 25.5 Å². The Kier molecular flexibility index (Phi) is 6.49. The minimum absolute atomic E-state index is 0.126. The van der Waals surface area contributed by atoms with Crippen LogP contribution >= 0.6 is 15.9 Å². The topological polar surface area (TPSA) is 70.2 Å². The minimum atomic E-state index is -0.126. The van der Waals surface area contributed by atoms with Crippen LogP contribution in [0.3, 0.4) is 0 Å². The zero-order valence-corrected chi connectivity index (χ0v) is 18.9. The van der Waals surface area contributed by atoms with E-state index >= 15 is 0 Å². The smallest absolute Gasteiger partial charge is 0.315 e. The van der Waals surface area contributed by atoms with E-state index in [1.54, 1.807) is 6.08 Å². The van der Waals surface area contributed by atoms with Gasteiger partial charge in [0.05, 0.1) is 5.69 Å². The standard InChI is InChI=1S/C23H28BrN5O/c1-3-9-25-23(30)26-13-17-11-16-8-10-29(17)14-19(16)22-12-21(27-15(2)28-22)18-6-4-5-7-20(18)24/h3-7,12,16-17,19H,1,8-11,13-14H2,2H3,(H2,25,26,30). The first-order valence-corrected chi connectivity index (χ1v) is 11.3. The first kappa shape index (κ1) is 21.0. The Morgan fingerprint density at radius 3 is 2.90 bits per heavy atom. The summed E-state index contributed by atoms with van der Waals surface area (Å²) in [6.07, 6.45) is 3.94. The number of hydrogen-bond acceptors (Lipinski definition) is 4. The molecule has 4 atom stereocenters. The Morgan fingerprint density at radius 1 is 1.33 bits per heavy atom. The number of amides is 2. The van der Waals surface area contributed by atoms with Gasteiger partial charge in [-0.2, -0.15) is 0 Å². The fraction of sp³-hybridized carbons (Fsp3) is 0.435. The Labute approximate surface area is 186 Å². The Hall–Kier alpha value is -2.25. The lowest BCUT2D eigenvalue weighted by atomic mass is 9.74. The summed E-state index contributed by atoms with van der Waals surface area (Å²) >= 11 is 3.65. The number of carbonyl (C=O) groups excluding carboxylic acids is 1. The van der Waals surface area contributed by atoms with Crippen LogP contribution in [0.4, 0.5) is 4.79 Å². The molecule has 2 aromatic rings. The molecule has 4 heterocycles. The van der Waals surface area contributed by atoms with E-state index in [2.05, 4.69) is 50.2 Å². The third-order valence-corrected chi connectivity index (χ3v) is 6.86. The number of rotatable bonds is 6. The summed E-state index contributed by atoms with van der Waals surface area (Å²) < 4.78 is 1.05. The quantitative estimate of drug-likeness (QED) is 0.629. The number of fused-ring (bicyclic) bond motifs is 3. The molecule has 0 saturated carbocycles. The molecule has 2 amide bonds. The van der Waals surface area contributed by atoms with E-state index in [1.807, 2.05) is 25.1 Å². The Balaban J connectivity index is 1.47. The summed E-state index contributed by atoms with van der Waals surface area (Å²) in [7, 11) is 0. The molecular formula is C23H28BrN5O. The summed E-state index contributed by atoms with van der Waals surface area (Å²) in [6, 6.07) is 10.6. The van der Waals surface area contributed by atoms with Crippen LogP contribution in [-0.4, -0.2) is 53.1 Å².